The molecule has 146 valence electrons. The number of alkyl halides is 2. The first-order chi connectivity index (χ1) is 12.5. The molecule has 1 fully saturated rings. The van der Waals surface area contributed by atoms with Gasteiger partial charge in [0, 0.05) is 25.7 Å². The van der Waals surface area contributed by atoms with Crippen LogP contribution < -0.4 is 5.73 Å². The van der Waals surface area contributed by atoms with Crippen molar-refractivity contribution in [3.05, 3.63) is 39.8 Å². The highest BCUT2D eigenvalue weighted by Gasteiger charge is 2.30. The predicted octanol–water partition coefficient (Wildman–Crippen LogP) is 4.73. The molecule has 0 spiro atoms. The molecule has 2 heterocycles. The van der Waals surface area contributed by atoms with Crippen molar-refractivity contribution in [2.45, 2.75) is 51.7 Å². The number of rotatable bonds is 8. The van der Waals surface area contributed by atoms with Gasteiger partial charge >= 0.3 is 0 Å². The van der Waals surface area contributed by atoms with Gasteiger partial charge in [-0.15, -0.1) is 11.3 Å². The molecule has 1 unspecified atom stereocenters. The summed E-state index contributed by atoms with van der Waals surface area (Å²) in [6.45, 7) is 4.99. The number of hydrogen-bond donors (Lipinski definition) is 1. The van der Waals surface area contributed by atoms with Gasteiger partial charge in [0.2, 0.25) is 0 Å². The van der Waals surface area contributed by atoms with Crippen LogP contribution in [0.15, 0.2) is 29.2 Å². The monoisotopic (exact) mass is 389 g/mol. The molecule has 4 nitrogen and oxygen atoms in total. The van der Waals surface area contributed by atoms with E-state index in [-0.39, 0.29) is 30.2 Å². The van der Waals surface area contributed by atoms with Crippen LogP contribution in [0.3, 0.4) is 0 Å². The summed E-state index contributed by atoms with van der Waals surface area (Å²) >= 11 is 1.23. The maximum absolute atomic E-state index is 13.2. The van der Waals surface area contributed by atoms with Crippen molar-refractivity contribution in [1.29, 1.82) is 0 Å². The number of likely N-dealkylation sites (tertiary alicyclic amines) is 1. The van der Waals surface area contributed by atoms with Gasteiger partial charge in [-0.1, -0.05) is 6.92 Å². The first-order valence-corrected chi connectivity index (χ1v) is 9.70. The van der Waals surface area contributed by atoms with Crippen molar-refractivity contribution in [2.75, 3.05) is 19.6 Å². The standard InChI is InChI=1S/C18H26F3N3OS/c1-3-4-14(9-12(2)19)25-13-5-7-24(8-6-13)15(10-22)17-16(18(20)21)23-11-26-17/h4,9,11,13,15,18H,3,5-8,10,22H2,1-2H3/b12-9+,14-4+. The lowest BCUT2D eigenvalue weighted by molar-refractivity contribution is 0.0396. The van der Waals surface area contributed by atoms with Gasteiger partial charge in [0.1, 0.15) is 23.4 Å². The van der Waals surface area contributed by atoms with Crippen LogP contribution in [0.25, 0.3) is 0 Å². The molecule has 2 N–H and O–H groups in total. The minimum atomic E-state index is -2.59. The van der Waals surface area contributed by atoms with Crippen LogP contribution in [0.2, 0.25) is 0 Å². The minimum absolute atomic E-state index is 0.0193. The number of piperidine rings is 1. The van der Waals surface area contributed by atoms with E-state index < -0.39 is 6.43 Å². The van der Waals surface area contributed by atoms with Crippen molar-refractivity contribution in [2.24, 2.45) is 5.73 Å². The van der Waals surface area contributed by atoms with Gasteiger partial charge in [-0.3, -0.25) is 4.90 Å². The summed E-state index contributed by atoms with van der Waals surface area (Å²) in [6, 6.07) is -0.258. The van der Waals surface area contributed by atoms with Crippen LogP contribution in [0, 0.1) is 0 Å². The first kappa shape index (κ1) is 20.9. The summed E-state index contributed by atoms with van der Waals surface area (Å²) in [4.78, 5) is 6.45. The molecule has 1 aliphatic heterocycles. The van der Waals surface area contributed by atoms with Crippen LogP contribution in [0.4, 0.5) is 13.2 Å². The van der Waals surface area contributed by atoms with E-state index in [1.807, 2.05) is 13.0 Å². The highest BCUT2D eigenvalue weighted by Crippen LogP contribution is 2.34. The van der Waals surface area contributed by atoms with Gasteiger partial charge in [-0.25, -0.2) is 18.2 Å². The number of hydrogen-bond acceptors (Lipinski definition) is 5. The molecule has 8 heteroatoms. The van der Waals surface area contributed by atoms with E-state index in [1.165, 1.54) is 29.8 Å². The average molecular weight is 389 g/mol. The average Bonchev–Trinajstić information content (AvgIpc) is 3.06. The maximum Gasteiger partial charge on any atom is 0.281 e. The smallest absolute Gasteiger partial charge is 0.281 e. The zero-order chi connectivity index (χ0) is 19.1. The molecule has 0 saturated carbocycles. The fourth-order valence-corrected chi connectivity index (χ4v) is 4.08. The molecule has 1 aromatic rings. The Morgan fingerprint density at radius 2 is 2.15 bits per heavy atom. The van der Waals surface area contributed by atoms with Crippen molar-refractivity contribution < 1.29 is 17.9 Å². The van der Waals surface area contributed by atoms with Crippen LogP contribution in [0.5, 0.6) is 0 Å². The Hall–Kier alpha value is -1.38. The molecule has 1 saturated heterocycles. The lowest BCUT2D eigenvalue weighted by atomic mass is 10.0. The molecule has 0 amide bonds. The molecule has 0 aliphatic carbocycles. The first-order valence-electron chi connectivity index (χ1n) is 8.82. The summed E-state index contributed by atoms with van der Waals surface area (Å²) < 4.78 is 45.3. The third kappa shape index (κ3) is 5.56. The Morgan fingerprint density at radius 1 is 1.46 bits per heavy atom. The van der Waals surface area contributed by atoms with Crippen LogP contribution in [-0.2, 0) is 4.74 Å². The summed E-state index contributed by atoms with van der Waals surface area (Å²) in [5, 5.41) is 0. The normalized spacial score (nSPS) is 19.2. The van der Waals surface area contributed by atoms with Gasteiger partial charge in [0.15, 0.2) is 0 Å². The highest BCUT2D eigenvalue weighted by molar-refractivity contribution is 7.09. The zero-order valence-electron chi connectivity index (χ0n) is 15.1. The largest absolute Gasteiger partial charge is 0.491 e. The second kappa shape index (κ2) is 10.1. The lowest BCUT2D eigenvalue weighted by Gasteiger charge is -2.37. The molecule has 26 heavy (non-hydrogen) atoms. The second-order valence-electron chi connectivity index (χ2n) is 6.25. The second-order valence-corrected chi connectivity index (χ2v) is 7.14. The summed E-state index contributed by atoms with van der Waals surface area (Å²) in [7, 11) is 0. The van der Waals surface area contributed by atoms with E-state index in [2.05, 4.69) is 9.88 Å². The molecule has 2 rings (SSSR count). The molecule has 0 aromatic carbocycles. The fourth-order valence-electron chi connectivity index (χ4n) is 3.13. The Balaban J connectivity index is 1.99. The zero-order valence-corrected chi connectivity index (χ0v) is 15.9. The molecule has 1 aromatic heterocycles. The van der Waals surface area contributed by atoms with E-state index in [1.54, 1.807) is 0 Å². The Morgan fingerprint density at radius 3 is 2.69 bits per heavy atom. The molecule has 0 bridgehead atoms. The van der Waals surface area contributed by atoms with E-state index >= 15 is 0 Å². The minimum Gasteiger partial charge on any atom is -0.491 e. The molecular formula is C18H26F3N3OS. The SMILES string of the molecule is CC/C=C(\C=C(/C)F)OC1CCN(C(CN)c2scnc2C(F)F)CC1. The summed E-state index contributed by atoms with van der Waals surface area (Å²) in [6.07, 6.45) is 2.86. The van der Waals surface area contributed by atoms with Gasteiger partial charge < -0.3 is 10.5 Å². The van der Waals surface area contributed by atoms with Crippen molar-refractivity contribution in [3.63, 3.8) is 0 Å². The Labute approximate surface area is 156 Å². The predicted molar refractivity (Wildman–Crippen MR) is 97.8 cm³/mol. The number of allylic oxidation sites excluding steroid dienone is 3. The fraction of sp³-hybridized carbons (Fsp3) is 0.611. The molecule has 0 radical (unpaired) electrons. The maximum atomic E-state index is 13.2. The van der Waals surface area contributed by atoms with Gasteiger partial charge in [-0.2, -0.15) is 0 Å². The third-order valence-electron chi connectivity index (χ3n) is 4.32. The Kier molecular flexibility index (Phi) is 8.12. The van der Waals surface area contributed by atoms with Crippen LogP contribution in [-0.4, -0.2) is 35.6 Å². The topological polar surface area (TPSA) is 51.4 Å². The third-order valence-corrected chi connectivity index (χ3v) is 5.27. The molecular weight excluding hydrogens is 363 g/mol. The lowest BCUT2D eigenvalue weighted by Crippen LogP contribution is -2.41. The number of halogens is 3. The number of nitrogens with zero attached hydrogens (tertiary/aromatic N) is 2. The quantitative estimate of drug-likeness (QED) is 0.516. The number of thiazole rings is 1. The van der Waals surface area contributed by atoms with Crippen LogP contribution in [0.1, 0.15) is 56.1 Å². The van der Waals surface area contributed by atoms with E-state index in [4.69, 9.17) is 10.5 Å². The van der Waals surface area contributed by atoms with Gasteiger partial charge in [0.25, 0.3) is 6.43 Å². The number of aromatic nitrogens is 1. The van der Waals surface area contributed by atoms with Gasteiger partial charge in [0.05, 0.1) is 16.4 Å². The van der Waals surface area contributed by atoms with E-state index in [9.17, 15) is 13.2 Å². The van der Waals surface area contributed by atoms with Crippen molar-refractivity contribution in [3.8, 4) is 0 Å². The summed E-state index contributed by atoms with van der Waals surface area (Å²) in [5.74, 6) is 0.249. The van der Waals surface area contributed by atoms with Crippen molar-refractivity contribution >= 4 is 11.3 Å². The molecule has 1 atom stereocenters. The number of ether oxygens (including phenoxy) is 1. The molecule has 1 aliphatic rings. The van der Waals surface area contributed by atoms with E-state index in [0.29, 0.717) is 23.7 Å². The Bertz CT molecular complexity index is 621. The van der Waals surface area contributed by atoms with Gasteiger partial charge in [-0.05, 0) is 32.3 Å². The summed E-state index contributed by atoms with van der Waals surface area (Å²) in [5.41, 5.74) is 7.16. The highest BCUT2D eigenvalue weighted by atomic mass is 32.1. The van der Waals surface area contributed by atoms with E-state index in [0.717, 1.165) is 19.3 Å². The van der Waals surface area contributed by atoms with Crippen LogP contribution >= 0.6 is 11.3 Å². The van der Waals surface area contributed by atoms with Crippen molar-refractivity contribution in [1.82, 2.24) is 9.88 Å². The number of nitrogens with two attached hydrogens (primary N) is 1.